The van der Waals surface area contributed by atoms with Crippen molar-refractivity contribution in [1.82, 2.24) is 19.9 Å². The van der Waals surface area contributed by atoms with Crippen LogP contribution in [0.25, 0.3) is 87.6 Å². The summed E-state index contributed by atoms with van der Waals surface area (Å²) in [5.74, 6) is 1.93. The van der Waals surface area contributed by atoms with E-state index in [1.807, 2.05) is 66.7 Å². The van der Waals surface area contributed by atoms with Gasteiger partial charge in [0.15, 0.2) is 17.5 Å². The summed E-state index contributed by atoms with van der Waals surface area (Å²) >= 11 is 1.74. The van der Waals surface area contributed by atoms with Gasteiger partial charge in [0.2, 0.25) is 0 Å². The van der Waals surface area contributed by atoms with Crippen LogP contribution in [0.3, 0.4) is 0 Å². The molecule has 7 aromatic carbocycles. The van der Waals surface area contributed by atoms with Gasteiger partial charge in [0.1, 0.15) is 5.01 Å². The SMILES string of the molecule is c1ccc(-c2nc(-c3ccccc3)nc(-c3cc4ccccc4cc3-c3ccc4ccc5nc(-c6ccccc6)sc5c4c3)n2)cc1. The van der Waals surface area contributed by atoms with Gasteiger partial charge in [0.25, 0.3) is 0 Å². The van der Waals surface area contributed by atoms with E-state index in [4.69, 9.17) is 19.9 Å². The lowest BCUT2D eigenvalue weighted by Crippen LogP contribution is -2.01. The predicted octanol–water partition coefficient (Wildman–Crippen LogP) is 11.1. The van der Waals surface area contributed by atoms with Crippen molar-refractivity contribution in [3.63, 3.8) is 0 Å². The number of fused-ring (bicyclic) bond motifs is 4. The first-order chi connectivity index (χ1) is 23.3. The number of hydrogen-bond donors (Lipinski definition) is 0. The maximum Gasteiger partial charge on any atom is 0.164 e. The Morgan fingerprint density at radius 1 is 0.362 bits per heavy atom. The minimum absolute atomic E-state index is 0.640. The molecule has 4 nitrogen and oxygen atoms in total. The number of nitrogens with zero attached hydrogens (tertiary/aromatic N) is 4. The first kappa shape index (κ1) is 27.3. The number of thiazole rings is 1. The van der Waals surface area contributed by atoms with Gasteiger partial charge in [-0.2, -0.15) is 0 Å². The number of hydrogen-bond acceptors (Lipinski definition) is 5. The van der Waals surface area contributed by atoms with Crippen molar-refractivity contribution in [3.8, 4) is 55.9 Å². The van der Waals surface area contributed by atoms with E-state index in [1.165, 1.54) is 15.5 Å². The number of aromatic nitrogens is 4. The predicted molar refractivity (Wildman–Crippen MR) is 195 cm³/mol. The van der Waals surface area contributed by atoms with Crippen LogP contribution < -0.4 is 0 Å². The Kier molecular flexibility index (Phi) is 6.61. The van der Waals surface area contributed by atoms with Gasteiger partial charge in [0, 0.05) is 27.6 Å². The Hall–Kier alpha value is -6.04. The fourth-order valence-electron chi connectivity index (χ4n) is 6.17. The van der Waals surface area contributed by atoms with E-state index in [0.29, 0.717) is 17.5 Å². The van der Waals surface area contributed by atoms with Gasteiger partial charge in [-0.25, -0.2) is 19.9 Å². The number of rotatable bonds is 5. The molecule has 5 heteroatoms. The zero-order valence-electron chi connectivity index (χ0n) is 25.2. The summed E-state index contributed by atoms with van der Waals surface area (Å²) in [6, 6.07) is 54.6. The van der Waals surface area contributed by atoms with Gasteiger partial charge in [0.05, 0.1) is 10.2 Å². The number of benzene rings is 7. The van der Waals surface area contributed by atoms with E-state index in [-0.39, 0.29) is 0 Å². The van der Waals surface area contributed by atoms with E-state index >= 15 is 0 Å². The molecule has 0 radical (unpaired) electrons. The molecule has 0 bridgehead atoms. The topological polar surface area (TPSA) is 51.6 Å². The van der Waals surface area contributed by atoms with Gasteiger partial charge in [-0.05, 0) is 51.6 Å². The van der Waals surface area contributed by atoms with Crippen LogP contribution >= 0.6 is 11.3 Å². The Balaban J connectivity index is 1.28. The van der Waals surface area contributed by atoms with E-state index in [1.54, 1.807) is 11.3 Å². The van der Waals surface area contributed by atoms with Crippen LogP contribution in [0.4, 0.5) is 0 Å². The molecule has 0 N–H and O–H groups in total. The third kappa shape index (κ3) is 5.03. The molecule has 47 heavy (non-hydrogen) atoms. The highest BCUT2D eigenvalue weighted by Gasteiger charge is 2.18. The van der Waals surface area contributed by atoms with Crippen LogP contribution in [-0.2, 0) is 0 Å². The van der Waals surface area contributed by atoms with Crippen molar-refractivity contribution in [2.45, 2.75) is 0 Å². The average Bonchev–Trinajstić information content (AvgIpc) is 3.60. The maximum absolute atomic E-state index is 5.11. The molecule has 2 aromatic heterocycles. The summed E-state index contributed by atoms with van der Waals surface area (Å²) in [4.78, 5) is 20.2. The van der Waals surface area contributed by atoms with Crippen LogP contribution in [-0.4, -0.2) is 19.9 Å². The molecule has 0 saturated carbocycles. The summed E-state index contributed by atoms with van der Waals surface area (Å²) in [6.45, 7) is 0. The van der Waals surface area contributed by atoms with Gasteiger partial charge in [-0.1, -0.05) is 133 Å². The van der Waals surface area contributed by atoms with E-state index in [9.17, 15) is 0 Å². The molecule has 0 fully saturated rings. The molecule has 0 saturated heterocycles. The first-order valence-electron chi connectivity index (χ1n) is 15.6. The van der Waals surface area contributed by atoms with E-state index in [0.717, 1.165) is 54.7 Å². The first-order valence-corrected chi connectivity index (χ1v) is 16.4. The summed E-state index contributed by atoms with van der Waals surface area (Å²) in [5, 5.41) is 5.69. The van der Waals surface area contributed by atoms with Crippen molar-refractivity contribution in [2.75, 3.05) is 0 Å². The van der Waals surface area contributed by atoms with Crippen LogP contribution in [0.2, 0.25) is 0 Å². The molecule has 0 aliphatic carbocycles. The molecular formula is C42H26N4S. The molecule has 0 aliphatic rings. The molecule has 9 rings (SSSR count). The van der Waals surface area contributed by atoms with E-state index < -0.39 is 0 Å². The molecular weight excluding hydrogens is 593 g/mol. The minimum atomic E-state index is 0.640. The molecule has 2 heterocycles. The van der Waals surface area contributed by atoms with Crippen molar-refractivity contribution >= 4 is 43.1 Å². The Labute approximate surface area is 275 Å². The van der Waals surface area contributed by atoms with E-state index in [2.05, 4.69) is 91.0 Å². The molecule has 0 unspecified atom stereocenters. The third-order valence-electron chi connectivity index (χ3n) is 8.53. The van der Waals surface area contributed by atoms with Crippen LogP contribution in [0.5, 0.6) is 0 Å². The van der Waals surface area contributed by atoms with Crippen molar-refractivity contribution in [3.05, 3.63) is 158 Å². The monoisotopic (exact) mass is 618 g/mol. The van der Waals surface area contributed by atoms with Gasteiger partial charge >= 0.3 is 0 Å². The molecule has 0 aliphatic heterocycles. The lowest BCUT2D eigenvalue weighted by Gasteiger charge is -2.14. The minimum Gasteiger partial charge on any atom is -0.236 e. The second-order valence-electron chi connectivity index (χ2n) is 11.5. The fraction of sp³-hybridized carbons (Fsp3) is 0. The molecule has 220 valence electrons. The summed E-state index contributed by atoms with van der Waals surface area (Å²) in [7, 11) is 0. The quantitative estimate of drug-likeness (QED) is 0.193. The van der Waals surface area contributed by atoms with Crippen molar-refractivity contribution in [2.24, 2.45) is 0 Å². The zero-order chi connectivity index (χ0) is 31.2. The average molecular weight is 619 g/mol. The van der Waals surface area contributed by atoms with Gasteiger partial charge < -0.3 is 0 Å². The summed E-state index contributed by atoms with van der Waals surface area (Å²) in [6.07, 6.45) is 0. The van der Waals surface area contributed by atoms with Gasteiger partial charge in [-0.3, -0.25) is 0 Å². The second kappa shape index (κ2) is 11.4. The highest BCUT2D eigenvalue weighted by Crippen LogP contribution is 2.40. The standard InChI is InChI=1S/C42H26N4S/c1-4-12-28(13-5-1)39-44-40(29-14-6-2-7-15-29)46-41(45-39)36-25-32-19-11-10-18-31(32)24-34(36)33-21-20-27-22-23-37-38(35(27)26-33)47-42(43-37)30-16-8-3-9-17-30/h1-26H. The Morgan fingerprint density at radius 2 is 0.894 bits per heavy atom. The normalized spacial score (nSPS) is 11.4. The maximum atomic E-state index is 5.11. The third-order valence-corrected chi connectivity index (χ3v) is 9.68. The van der Waals surface area contributed by atoms with Crippen molar-refractivity contribution in [1.29, 1.82) is 0 Å². The Morgan fingerprint density at radius 3 is 1.53 bits per heavy atom. The lowest BCUT2D eigenvalue weighted by molar-refractivity contribution is 1.07. The van der Waals surface area contributed by atoms with Crippen molar-refractivity contribution < 1.29 is 0 Å². The highest BCUT2D eigenvalue weighted by molar-refractivity contribution is 7.22. The second-order valence-corrected chi connectivity index (χ2v) is 12.5. The van der Waals surface area contributed by atoms with Crippen LogP contribution in [0, 0.1) is 0 Å². The molecule has 9 aromatic rings. The van der Waals surface area contributed by atoms with Gasteiger partial charge in [-0.15, -0.1) is 11.3 Å². The summed E-state index contributed by atoms with van der Waals surface area (Å²) < 4.78 is 1.18. The van der Waals surface area contributed by atoms with Crippen LogP contribution in [0.1, 0.15) is 0 Å². The largest absolute Gasteiger partial charge is 0.236 e. The van der Waals surface area contributed by atoms with Crippen LogP contribution in [0.15, 0.2) is 158 Å². The highest BCUT2D eigenvalue weighted by atomic mass is 32.1. The molecule has 0 spiro atoms. The zero-order valence-corrected chi connectivity index (χ0v) is 26.0. The molecule has 0 amide bonds. The smallest absolute Gasteiger partial charge is 0.164 e. The lowest BCUT2D eigenvalue weighted by atomic mass is 9.93. The Bertz CT molecular complexity index is 2500. The summed E-state index contributed by atoms with van der Waals surface area (Å²) in [5.41, 5.74) is 7.17. The fourth-order valence-corrected chi connectivity index (χ4v) is 7.27. The molecule has 0 atom stereocenters.